The van der Waals surface area contributed by atoms with Crippen LogP contribution in [0.25, 0.3) is 10.4 Å². The quantitative estimate of drug-likeness (QED) is 0.129. The molecular formula is C26H25N5O8S. The summed E-state index contributed by atoms with van der Waals surface area (Å²) < 4.78 is 7.19. The number of nitrogens with zero attached hydrogens (tertiary/aromatic N) is 4. The summed E-state index contributed by atoms with van der Waals surface area (Å²) in [7, 11) is 0. The number of nitrogens with one attached hydrogen (secondary N) is 1. The largest absolute Gasteiger partial charge is 0.456 e. The predicted octanol–water partition coefficient (Wildman–Crippen LogP) is 1.93. The lowest BCUT2D eigenvalue weighted by Crippen LogP contribution is -2.63. The van der Waals surface area contributed by atoms with Crippen molar-refractivity contribution in [3.05, 3.63) is 68.7 Å². The van der Waals surface area contributed by atoms with E-state index in [1.165, 1.54) is 60.7 Å². The molecule has 2 aliphatic rings. The van der Waals surface area contributed by atoms with Crippen molar-refractivity contribution < 1.29 is 33.9 Å². The number of nitro groups is 1. The maximum Gasteiger partial charge on any atom is 0.355 e. The number of thiazole rings is 1. The van der Waals surface area contributed by atoms with Gasteiger partial charge in [-0.3, -0.25) is 28.9 Å². The molecule has 0 radical (unpaired) electrons. The Bertz CT molecular complexity index is 1590. The molecule has 0 unspecified atom stereocenters. The van der Waals surface area contributed by atoms with Crippen molar-refractivity contribution >= 4 is 51.0 Å². The third kappa shape index (κ3) is 4.54. The Labute approximate surface area is 231 Å². The number of non-ortho nitro benzene ring substituents is 1. The molecule has 5 rings (SSSR count). The van der Waals surface area contributed by atoms with E-state index in [1.54, 1.807) is 10.6 Å². The average Bonchev–Trinajstić information content (AvgIpc) is 3.55. The summed E-state index contributed by atoms with van der Waals surface area (Å²) >= 11 is 1.21. The molecule has 2 aliphatic heterocycles. The number of esters is 1. The van der Waals surface area contributed by atoms with Gasteiger partial charge in [-0.05, 0) is 24.6 Å². The number of aliphatic hydroxyl groups is 1. The van der Waals surface area contributed by atoms with E-state index in [4.69, 9.17) is 4.74 Å². The van der Waals surface area contributed by atoms with Crippen molar-refractivity contribution in [1.29, 1.82) is 0 Å². The number of imidazole rings is 1. The van der Waals surface area contributed by atoms with Crippen LogP contribution in [-0.4, -0.2) is 66.6 Å². The number of hydrogen-bond acceptors (Lipinski definition) is 10. The molecule has 13 nitrogen and oxygen atoms in total. The van der Waals surface area contributed by atoms with E-state index in [9.17, 15) is 34.4 Å². The Morgan fingerprint density at radius 3 is 2.60 bits per heavy atom. The van der Waals surface area contributed by atoms with E-state index in [0.717, 1.165) is 0 Å². The summed E-state index contributed by atoms with van der Waals surface area (Å²) in [5.41, 5.74) is 1.20. The number of rotatable bonds is 9. The highest BCUT2D eigenvalue weighted by atomic mass is 32.1. The second-order valence-corrected chi connectivity index (χ2v) is 10.8. The smallest absolute Gasteiger partial charge is 0.355 e. The van der Waals surface area contributed by atoms with Gasteiger partial charge in [-0.15, -0.1) is 11.3 Å². The Kier molecular flexibility index (Phi) is 6.98. The van der Waals surface area contributed by atoms with Gasteiger partial charge in [-0.2, -0.15) is 0 Å². The first-order valence-corrected chi connectivity index (χ1v) is 13.2. The van der Waals surface area contributed by atoms with Gasteiger partial charge in [-0.1, -0.05) is 6.92 Å². The number of carbonyl (C=O) groups excluding carboxylic acids is 4. The minimum absolute atomic E-state index is 0.0601. The lowest BCUT2D eigenvalue weighted by molar-refractivity contribution is -0.384. The average molecular weight is 568 g/mol. The minimum atomic E-state index is -0.922. The van der Waals surface area contributed by atoms with Crippen molar-refractivity contribution in [3.63, 3.8) is 0 Å². The highest BCUT2D eigenvalue weighted by Gasteiger charge is 2.60. The zero-order valence-electron chi connectivity index (χ0n) is 21.7. The first-order valence-electron chi connectivity index (χ1n) is 12.4. The molecule has 14 heteroatoms. The van der Waals surface area contributed by atoms with Crippen LogP contribution in [0.5, 0.6) is 0 Å². The first kappa shape index (κ1) is 27.1. The fourth-order valence-electron chi connectivity index (χ4n) is 5.22. The van der Waals surface area contributed by atoms with Gasteiger partial charge >= 0.3 is 5.97 Å². The van der Waals surface area contributed by atoms with Gasteiger partial charge in [0.2, 0.25) is 17.6 Å². The van der Waals surface area contributed by atoms with Crippen LogP contribution in [0.15, 0.2) is 42.5 Å². The lowest BCUT2D eigenvalue weighted by Gasteiger charge is -2.46. The van der Waals surface area contributed by atoms with Gasteiger partial charge < -0.3 is 20.1 Å². The van der Waals surface area contributed by atoms with Crippen molar-refractivity contribution in [3.8, 4) is 0 Å². The fraction of sp³-hybridized carbons (Fsp3) is 0.346. The van der Waals surface area contributed by atoms with Crippen LogP contribution in [0.2, 0.25) is 0 Å². The maximum absolute atomic E-state index is 13.5. The summed E-state index contributed by atoms with van der Waals surface area (Å²) in [6, 6.07) is 5.12. The van der Waals surface area contributed by atoms with Crippen molar-refractivity contribution in [2.24, 2.45) is 11.8 Å². The predicted molar refractivity (Wildman–Crippen MR) is 141 cm³/mol. The number of hydrogen-bond donors (Lipinski definition) is 2. The Morgan fingerprint density at radius 1 is 1.27 bits per heavy atom. The molecule has 1 fully saturated rings. The molecule has 3 aromatic rings. The Morgan fingerprint density at radius 2 is 1.98 bits per heavy atom. The number of ketones is 1. The molecule has 4 heterocycles. The molecule has 0 aliphatic carbocycles. The van der Waals surface area contributed by atoms with Crippen LogP contribution in [-0.2, 0) is 25.7 Å². The molecule has 2 aromatic heterocycles. The van der Waals surface area contributed by atoms with E-state index in [-0.39, 0.29) is 53.7 Å². The molecule has 208 valence electrons. The molecule has 2 N–H and O–H groups in total. The summed E-state index contributed by atoms with van der Waals surface area (Å²) in [6.45, 7) is 4.31. The molecule has 1 saturated heterocycles. The number of β-lactam (4-membered cyclic amide) rings is 1. The number of Topliss-reactive ketones (excluding diaryl/α,β-unsaturated/α-hetero) is 1. The fourth-order valence-corrected chi connectivity index (χ4v) is 6.45. The number of ether oxygens (including phenoxy) is 1. The van der Waals surface area contributed by atoms with E-state index >= 15 is 0 Å². The topological polar surface area (TPSA) is 173 Å². The van der Waals surface area contributed by atoms with Crippen LogP contribution in [0.4, 0.5) is 5.69 Å². The third-order valence-electron chi connectivity index (χ3n) is 7.12. The molecule has 2 amide bonds. The van der Waals surface area contributed by atoms with Gasteiger partial charge in [-0.25, -0.2) is 9.78 Å². The Hall–Kier alpha value is -4.43. The number of fused-ring (bicyclic) bond motifs is 2. The summed E-state index contributed by atoms with van der Waals surface area (Å²) in [4.78, 5) is 67.5. The normalized spacial score (nSPS) is 20.8. The van der Waals surface area contributed by atoms with E-state index < -0.39 is 29.0 Å². The standard InChI is InChI=1S/C26H25N5O8S/c1-12-19(18-9-29-11-28-21(25(29)40-18)17(34)8-27-14(3)33)23(30-22(12)20(13(2)32)24(30)35)26(36)39-10-15-4-6-16(7-5-15)31(37)38/h4-7,9,11-13,20,22,32H,8,10H2,1-3H3,(H,27,33)/t12-,13+,20+,22+/m0/s1. The summed E-state index contributed by atoms with van der Waals surface area (Å²) in [6.07, 6.45) is 2.25. The van der Waals surface area contributed by atoms with E-state index in [1.807, 2.05) is 6.92 Å². The first-order chi connectivity index (χ1) is 19.0. The number of amides is 2. The van der Waals surface area contributed by atoms with Crippen LogP contribution < -0.4 is 5.32 Å². The Balaban J connectivity index is 1.49. The highest BCUT2D eigenvalue weighted by Crippen LogP contribution is 2.51. The second-order valence-electron chi connectivity index (χ2n) is 9.75. The number of aromatic nitrogens is 2. The third-order valence-corrected chi connectivity index (χ3v) is 8.26. The van der Waals surface area contributed by atoms with Crippen molar-refractivity contribution in [1.82, 2.24) is 19.6 Å². The number of benzene rings is 1. The maximum atomic E-state index is 13.5. The molecule has 1 aromatic carbocycles. The zero-order valence-corrected chi connectivity index (χ0v) is 22.5. The van der Waals surface area contributed by atoms with Gasteiger partial charge in [0, 0.05) is 36.7 Å². The second kappa shape index (κ2) is 10.3. The lowest BCUT2D eigenvalue weighted by atomic mass is 9.77. The molecular weight excluding hydrogens is 542 g/mol. The van der Waals surface area contributed by atoms with Crippen LogP contribution >= 0.6 is 11.3 Å². The van der Waals surface area contributed by atoms with Crippen LogP contribution in [0.3, 0.4) is 0 Å². The van der Waals surface area contributed by atoms with Crippen molar-refractivity contribution in [2.45, 2.75) is 39.5 Å². The highest BCUT2D eigenvalue weighted by molar-refractivity contribution is 7.18. The molecule has 4 atom stereocenters. The number of carbonyl (C=O) groups is 4. The number of nitro benzene ring substituents is 1. The molecule has 0 spiro atoms. The zero-order chi connectivity index (χ0) is 28.9. The monoisotopic (exact) mass is 567 g/mol. The van der Waals surface area contributed by atoms with Gasteiger partial charge in [0.15, 0.2) is 0 Å². The SMILES string of the molecule is CC(=O)NCC(=O)c1ncn2cc(C3=C(C(=O)OCc4ccc([N+](=O)[O-])cc4)N4C(=O)[C@H]([C@@H](C)O)[C@H]4[C@H]3C)sc12. The van der Waals surface area contributed by atoms with Gasteiger partial charge in [0.25, 0.3) is 5.69 Å². The van der Waals surface area contributed by atoms with Gasteiger partial charge in [0.1, 0.15) is 29.2 Å². The van der Waals surface area contributed by atoms with Crippen LogP contribution in [0, 0.1) is 22.0 Å². The van der Waals surface area contributed by atoms with Crippen molar-refractivity contribution in [2.75, 3.05) is 6.54 Å². The molecule has 40 heavy (non-hydrogen) atoms. The summed E-state index contributed by atoms with van der Waals surface area (Å²) in [5, 5.41) is 23.6. The van der Waals surface area contributed by atoms with Gasteiger partial charge in [0.05, 0.1) is 34.4 Å². The van der Waals surface area contributed by atoms with E-state index in [2.05, 4.69) is 10.3 Å². The molecule has 0 bridgehead atoms. The number of aliphatic hydroxyl groups excluding tert-OH is 1. The summed E-state index contributed by atoms with van der Waals surface area (Å²) in [5.74, 6) is -2.89. The van der Waals surface area contributed by atoms with Crippen LogP contribution in [0.1, 0.15) is 41.7 Å². The molecule has 0 saturated carbocycles. The van der Waals surface area contributed by atoms with E-state index in [0.29, 0.717) is 20.8 Å². The minimum Gasteiger partial charge on any atom is -0.456 e.